The first-order valence-corrected chi connectivity index (χ1v) is 7.92. The van der Waals surface area contributed by atoms with Crippen molar-refractivity contribution in [3.8, 4) is 5.75 Å². The third-order valence-electron chi connectivity index (χ3n) is 3.62. The van der Waals surface area contributed by atoms with Gasteiger partial charge in [0, 0.05) is 0 Å². The van der Waals surface area contributed by atoms with E-state index in [1.165, 1.54) is 4.90 Å². The molecule has 116 valence electrons. The molecular formula is C18H15NO3S. The maximum atomic E-state index is 12.5. The van der Waals surface area contributed by atoms with Crippen molar-refractivity contribution in [3.05, 3.63) is 64.1 Å². The molecule has 0 spiro atoms. The van der Waals surface area contributed by atoms with E-state index in [-0.39, 0.29) is 16.9 Å². The Morgan fingerprint density at radius 2 is 1.65 bits per heavy atom. The van der Waals surface area contributed by atoms with Crippen molar-refractivity contribution in [2.24, 2.45) is 0 Å². The van der Waals surface area contributed by atoms with Crippen molar-refractivity contribution >= 4 is 34.7 Å². The van der Waals surface area contributed by atoms with Crippen LogP contribution in [-0.4, -0.2) is 16.3 Å². The molecule has 1 fully saturated rings. The average Bonchev–Trinajstić information content (AvgIpc) is 2.80. The van der Waals surface area contributed by atoms with Crippen LogP contribution >= 0.6 is 11.8 Å². The summed E-state index contributed by atoms with van der Waals surface area (Å²) in [5.74, 6) is -0.0749. The van der Waals surface area contributed by atoms with Crippen LogP contribution in [0.1, 0.15) is 16.7 Å². The van der Waals surface area contributed by atoms with Crippen LogP contribution in [0.15, 0.2) is 47.4 Å². The lowest BCUT2D eigenvalue weighted by molar-refractivity contribution is -0.113. The highest BCUT2D eigenvalue weighted by molar-refractivity contribution is 8.19. The zero-order valence-electron chi connectivity index (χ0n) is 12.7. The normalized spacial score (nSPS) is 16.4. The quantitative estimate of drug-likeness (QED) is 0.839. The van der Waals surface area contributed by atoms with Crippen LogP contribution in [0.4, 0.5) is 10.5 Å². The molecule has 0 atom stereocenters. The molecule has 0 radical (unpaired) electrons. The minimum absolute atomic E-state index is 0.250. The van der Waals surface area contributed by atoms with Gasteiger partial charge in [-0.05, 0) is 72.6 Å². The first-order chi connectivity index (χ1) is 11.0. The number of imide groups is 1. The molecule has 3 rings (SSSR count). The lowest BCUT2D eigenvalue weighted by Gasteiger charge is -2.11. The van der Waals surface area contributed by atoms with Gasteiger partial charge in [-0.15, -0.1) is 0 Å². The maximum absolute atomic E-state index is 12.5. The number of phenols is 1. The number of benzene rings is 2. The fraction of sp³-hybridized carbons (Fsp3) is 0.111. The predicted octanol–water partition coefficient (Wildman–Crippen LogP) is 4.25. The standard InChI is InChI=1S/C18H15NO3S/c1-11-8-13(9-12(2)16(11)20)10-15-17(21)19(18(22)23-15)14-6-4-3-5-7-14/h3-10,20H,1-2H3/b15-10-. The molecule has 2 aromatic carbocycles. The van der Waals surface area contributed by atoms with Gasteiger partial charge < -0.3 is 5.11 Å². The van der Waals surface area contributed by atoms with E-state index in [1.54, 1.807) is 56.3 Å². The van der Waals surface area contributed by atoms with Crippen LogP contribution in [0.3, 0.4) is 0 Å². The molecule has 1 heterocycles. The van der Waals surface area contributed by atoms with Crippen molar-refractivity contribution < 1.29 is 14.7 Å². The van der Waals surface area contributed by atoms with Crippen LogP contribution in [0.25, 0.3) is 6.08 Å². The summed E-state index contributed by atoms with van der Waals surface area (Å²) in [5, 5.41) is 9.52. The predicted molar refractivity (Wildman–Crippen MR) is 92.5 cm³/mol. The van der Waals surface area contributed by atoms with E-state index in [9.17, 15) is 14.7 Å². The monoisotopic (exact) mass is 325 g/mol. The number of aromatic hydroxyl groups is 1. The second-order valence-corrected chi connectivity index (χ2v) is 6.35. The molecule has 1 aliphatic rings. The highest BCUT2D eigenvalue weighted by atomic mass is 32.2. The topological polar surface area (TPSA) is 57.6 Å². The Hall–Kier alpha value is -2.53. The molecule has 0 unspecified atom stereocenters. The Kier molecular flexibility index (Phi) is 3.96. The molecule has 0 saturated carbocycles. The van der Waals surface area contributed by atoms with Gasteiger partial charge in [0.1, 0.15) is 5.75 Å². The molecule has 2 aromatic rings. The first kappa shape index (κ1) is 15.4. The number of thioether (sulfide) groups is 1. The Morgan fingerprint density at radius 1 is 1.04 bits per heavy atom. The van der Waals surface area contributed by atoms with Gasteiger partial charge in [-0.2, -0.15) is 0 Å². The largest absolute Gasteiger partial charge is 0.507 e. The number of amides is 2. The van der Waals surface area contributed by atoms with Crippen molar-refractivity contribution in [1.82, 2.24) is 0 Å². The molecule has 5 heteroatoms. The molecule has 1 N–H and O–H groups in total. The minimum atomic E-state index is -0.324. The summed E-state index contributed by atoms with van der Waals surface area (Å²) in [4.78, 5) is 26.2. The number of carbonyl (C=O) groups is 2. The van der Waals surface area contributed by atoms with Gasteiger partial charge in [-0.1, -0.05) is 18.2 Å². The van der Waals surface area contributed by atoms with Gasteiger partial charge in [0.2, 0.25) is 0 Å². The Labute approximate surface area is 138 Å². The summed E-state index contributed by atoms with van der Waals surface area (Å²) >= 11 is 0.923. The van der Waals surface area contributed by atoms with Crippen LogP contribution < -0.4 is 4.90 Å². The summed E-state index contributed by atoms with van der Waals surface area (Å²) in [6.07, 6.45) is 1.69. The SMILES string of the molecule is Cc1cc(/C=C2\SC(=O)N(c3ccccc3)C2=O)cc(C)c1O. The number of carbonyl (C=O) groups excluding carboxylic acids is 2. The molecule has 23 heavy (non-hydrogen) atoms. The van der Waals surface area contributed by atoms with Gasteiger partial charge in [0.25, 0.3) is 11.1 Å². The molecule has 0 aliphatic carbocycles. The second kappa shape index (κ2) is 5.93. The number of aryl methyl sites for hydroxylation is 2. The highest BCUT2D eigenvalue weighted by Crippen LogP contribution is 2.36. The first-order valence-electron chi connectivity index (χ1n) is 7.10. The van der Waals surface area contributed by atoms with Gasteiger partial charge >= 0.3 is 0 Å². The van der Waals surface area contributed by atoms with Gasteiger partial charge in [0.15, 0.2) is 0 Å². The smallest absolute Gasteiger partial charge is 0.298 e. The summed E-state index contributed by atoms with van der Waals surface area (Å²) in [6, 6.07) is 12.4. The van der Waals surface area contributed by atoms with Crippen molar-refractivity contribution in [1.29, 1.82) is 0 Å². The second-order valence-electron chi connectivity index (χ2n) is 5.36. The average molecular weight is 325 g/mol. The van der Waals surface area contributed by atoms with E-state index in [4.69, 9.17) is 0 Å². The fourth-order valence-electron chi connectivity index (χ4n) is 2.49. The summed E-state index contributed by atoms with van der Waals surface area (Å²) < 4.78 is 0. The van der Waals surface area contributed by atoms with E-state index in [2.05, 4.69) is 0 Å². The lowest BCUT2D eigenvalue weighted by Crippen LogP contribution is -2.27. The number of rotatable bonds is 2. The molecule has 1 saturated heterocycles. The zero-order chi connectivity index (χ0) is 16.6. The Morgan fingerprint density at radius 3 is 2.26 bits per heavy atom. The van der Waals surface area contributed by atoms with Gasteiger partial charge in [-0.25, -0.2) is 4.90 Å². The van der Waals surface area contributed by atoms with Crippen molar-refractivity contribution in [2.75, 3.05) is 4.90 Å². The van der Waals surface area contributed by atoms with Crippen LogP contribution in [0, 0.1) is 13.8 Å². The summed E-state index contributed by atoms with van der Waals surface area (Å²) in [5.41, 5.74) is 2.82. The fourth-order valence-corrected chi connectivity index (χ4v) is 3.33. The van der Waals surface area contributed by atoms with Crippen LogP contribution in [0.2, 0.25) is 0 Å². The Bertz CT molecular complexity index is 804. The van der Waals surface area contributed by atoms with Gasteiger partial charge in [-0.3, -0.25) is 9.59 Å². The molecule has 1 aliphatic heterocycles. The Balaban J connectivity index is 1.96. The van der Waals surface area contributed by atoms with Crippen molar-refractivity contribution in [3.63, 3.8) is 0 Å². The summed E-state index contributed by atoms with van der Waals surface area (Å²) in [6.45, 7) is 3.60. The molecule has 4 nitrogen and oxygen atoms in total. The zero-order valence-corrected chi connectivity index (χ0v) is 13.6. The van der Waals surface area contributed by atoms with E-state index in [0.29, 0.717) is 10.6 Å². The highest BCUT2D eigenvalue weighted by Gasteiger charge is 2.36. The number of para-hydroxylation sites is 1. The maximum Gasteiger partial charge on any atom is 0.298 e. The number of phenolic OH excluding ortho intramolecular Hbond substituents is 1. The molecular weight excluding hydrogens is 310 g/mol. The molecule has 0 aromatic heterocycles. The number of hydrogen-bond donors (Lipinski definition) is 1. The third-order valence-corrected chi connectivity index (χ3v) is 4.49. The van der Waals surface area contributed by atoms with E-state index in [1.807, 2.05) is 6.07 Å². The summed E-state index contributed by atoms with van der Waals surface area (Å²) in [7, 11) is 0. The van der Waals surface area contributed by atoms with Crippen molar-refractivity contribution in [2.45, 2.75) is 13.8 Å². The molecule has 0 bridgehead atoms. The lowest BCUT2D eigenvalue weighted by atomic mass is 10.1. The molecule has 2 amide bonds. The van der Waals surface area contributed by atoms with E-state index < -0.39 is 0 Å². The number of hydrogen-bond acceptors (Lipinski definition) is 4. The number of anilines is 1. The van der Waals surface area contributed by atoms with Crippen LogP contribution in [0.5, 0.6) is 5.75 Å². The minimum Gasteiger partial charge on any atom is -0.507 e. The van der Waals surface area contributed by atoms with E-state index >= 15 is 0 Å². The van der Waals surface area contributed by atoms with Crippen LogP contribution in [-0.2, 0) is 4.79 Å². The third kappa shape index (κ3) is 2.87. The van der Waals surface area contributed by atoms with E-state index in [0.717, 1.165) is 28.5 Å². The number of nitrogens with zero attached hydrogens (tertiary/aromatic N) is 1. The van der Waals surface area contributed by atoms with Gasteiger partial charge in [0.05, 0.1) is 10.6 Å².